The molecule has 1 amide bonds. The van der Waals surface area contributed by atoms with E-state index in [4.69, 9.17) is 0 Å². The van der Waals surface area contributed by atoms with Crippen LogP contribution >= 0.6 is 11.8 Å². The van der Waals surface area contributed by atoms with Gasteiger partial charge in [0.15, 0.2) is 0 Å². The van der Waals surface area contributed by atoms with Crippen molar-refractivity contribution >= 4 is 17.0 Å². The summed E-state index contributed by atoms with van der Waals surface area (Å²) in [4.78, 5) is 13.9. The van der Waals surface area contributed by atoms with E-state index in [2.05, 4.69) is 5.10 Å². The van der Waals surface area contributed by atoms with E-state index in [1.807, 2.05) is 37.4 Å². The zero-order valence-corrected chi connectivity index (χ0v) is 11.4. The van der Waals surface area contributed by atoms with Gasteiger partial charge in [-0.25, -0.2) is 4.68 Å². The lowest BCUT2D eigenvalue weighted by Gasteiger charge is -2.07. The highest BCUT2D eigenvalue weighted by Gasteiger charge is 2.09. The molecule has 0 aliphatic carbocycles. The fraction of sp³-hybridized carbons (Fsp3) is 0.231. The quantitative estimate of drug-likeness (QED) is 0.780. The molecule has 0 radical (unpaired) electrons. The summed E-state index contributed by atoms with van der Waals surface area (Å²) in [5.74, 6) is 0. The number of nitrogens with zero attached hydrogens (tertiary/aromatic N) is 3. The van der Waals surface area contributed by atoms with E-state index in [1.165, 1.54) is 17.3 Å². The Morgan fingerprint density at radius 2 is 1.94 bits per heavy atom. The van der Waals surface area contributed by atoms with Gasteiger partial charge in [0, 0.05) is 20.3 Å². The van der Waals surface area contributed by atoms with Gasteiger partial charge in [0.1, 0.15) is 0 Å². The van der Waals surface area contributed by atoms with Gasteiger partial charge in [-0.3, -0.25) is 4.79 Å². The molecule has 0 spiro atoms. The fourth-order valence-electron chi connectivity index (χ4n) is 1.39. The minimum atomic E-state index is -0.00143. The summed E-state index contributed by atoms with van der Waals surface area (Å²) in [6.07, 6.45) is 3.56. The molecule has 0 saturated heterocycles. The van der Waals surface area contributed by atoms with Crippen LogP contribution < -0.4 is 0 Å². The number of benzene rings is 1. The standard InChI is InChI=1S/C13H15N3OS/c1-10-4-6-11(7-5-10)16-9-12(8-14-16)18-13(17)15(2)3/h4-9H,1-3H3. The van der Waals surface area contributed by atoms with Crippen LogP contribution in [0, 0.1) is 6.92 Å². The number of amides is 1. The molecule has 0 aliphatic heterocycles. The molecule has 0 unspecified atom stereocenters. The first-order chi connectivity index (χ1) is 8.56. The molecule has 0 saturated carbocycles. The number of hydrogen-bond donors (Lipinski definition) is 0. The number of carbonyl (C=O) groups excluding carboxylic acids is 1. The van der Waals surface area contributed by atoms with Crippen molar-refractivity contribution in [2.45, 2.75) is 11.8 Å². The molecular weight excluding hydrogens is 246 g/mol. The molecule has 2 rings (SSSR count). The van der Waals surface area contributed by atoms with Crippen molar-refractivity contribution in [1.82, 2.24) is 14.7 Å². The lowest BCUT2D eigenvalue weighted by molar-refractivity contribution is 0.241. The Kier molecular flexibility index (Phi) is 3.72. The molecule has 4 nitrogen and oxygen atoms in total. The first-order valence-corrected chi connectivity index (χ1v) is 6.39. The van der Waals surface area contributed by atoms with Crippen LogP contribution in [0.15, 0.2) is 41.6 Å². The molecule has 0 aliphatic rings. The molecule has 18 heavy (non-hydrogen) atoms. The van der Waals surface area contributed by atoms with Crippen LogP contribution in [0.3, 0.4) is 0 Å². The van der Waals surface area contributed by atoms with Crippen molar-refractivity contribution in [1.29, 1.82) is 0 Å². The number of carbonyl (C=O) groups is 1. The van der Waals surface area contributed by atoms with Crippen LogP contribution in [0.5, 0.6) is 0 Å². The van der Waals surface area contributed by atoms with Gasteiger partial charge in [0.05, 0.1) is 16.8 Å². The SMILES string of the molecule is Cc1ccc(-n2cc(SC(=O)N(C)C)cn2)cc1. The summed E-state index contributed by atoms with van der Waals surface area (Å²) in [6.45, 7) is 2.05. The molecule has 5 heteroatoms. The molecule has 0 atom stereocenters. The first kappa shape index (κ1) is 12.7. The predicted octanol–water partition coefficient (Wildman–Crippen LogP) is 2.95. The normalized spacial score (nSPS) is 10.4. The van der Waals surface area contributed by atoms with Crippen LogP contribution in [0.4, 0.5) is 4.79 Å². The van der Waals surface area contributed by atoms with Crippen LogP contribution in [-0.4, -0.2) is 34.0 Å². The third-order valence-corrected chi connectivity index (χ3v) is 3.41. The van der Waals surface area contributed by atoms with E-state index in [-0.39, 0.29) is 5.24 Å². The highest BCUT2D eigenvalue weighted by atomic mass is 32.2. The minimum Gasteiger partial charge on any atom is -0.339 e. The smallest absolute Gasteiger partial charge is 0.286 e. The Hall–Kier alpha value is -1.75. The zero-order valence-electron chi connectivity index (χ0n) is 10.6. The zero-order chi connectivity index (χ0) is 13.1. The maximum Gasteiger partial charge on any atom is 0.286 e. The Morgan fingerprint density at radius 3 is 2.56 bits per heavy atom. The Balaban J connectivity index is 2.15. The lowest BCUT2D eigenvalue weighted by atomic mass is 10.2. The van der Waals surface area contributed by atoms with Crippen LogP contribution in [0.2, 0.25) is 0 Å². The molecular formula is C13H15N3OS. The van der Waals surface area contributed by atoms with Gasteiger partial charge in [-0.15, -0.1) is 0 Å². The Morgan fingerprint density at radius 1 is 1.28 bits per heavy atom. The average molecular weight is 261 g/mol. The van der Waals surface area contributed by atoms with E-state index in [0.717, 1.165) is 10.6 Å². The van der Waals surface area contributed by atoms with E-state index in [0.29, 0.717) is 0 Å². The maximum absolute atomic E-state index is 11.6. The van der Waals surface area contributed by atoms with Crippen molar-refractivity contribution in [2.24, 2.45) is 0 Å². The monoisotopic (exact) mass is 261 g/mol. The number of aryl methyl sites for hydroxylation is 1. The van der Waals surface area contributed by atoms with Crippen molar-refractivity contribution in [3.8, 4) is 5.69 Å². The highest BCUT2D eigenvalue weighted by molar-refractivity contribution is 8.13. The molecule has 0 N–H and O–H groups in total. The summed E-state index contributed by atoms with van der Waals surface area (Å²) < 4.78 is 1.77. The van der Waals surface area contributed by atoms with E-state index in [9.17, 15) is 4.79 Å². The second kappa shape index (κ2) is 5.27. The van der Waals surface area contributed by atoms with Crippen molar-refractivity contribution in [3.05, 3.63) is 42.2 Å². The average Bonchev–Trinajstić information content (AvgIpc) is 2.78. The third kappa shape index (κ3) is 2.92. The van der Waals surface area contributed by atoms with Gasteiger partial charge in [0.2, 0.25) is 0 Å². The topological polar surface area (TPSA) is 38.1 Å². The molecule has 0 bridgehead atoms. The second-order valence-electron chi connectivity index (χ2n) is 4.22. The van der Waals surface area contributed by atoms with E-state index < -0.39 is 0 Å². The van der Waals surface area contributed by atoms with Crippen molar-refractivity contribution in [3.63, 3.8) is 0 Å². The molecule has 1 aromatic carbocycles. The molecule has 0 fully saturated rings. The summed E-state index contributed by atoms with van der Waals surface area (Å²) >= 11 is 1.17. The van der Waals surface area contributed by atoms with Gasteiger partial charge in [0.25, 0.3) is 5.24 Å². The van der Waals surface area contributed by atoms with Gasteiger partial charge < -0.3 is 4.90 Å². The van der Waals surface area contributed by atoms with Crippen LogP contribution in [0.1, 0.15) is 5.56 Å². The number of aromatic nitrogens is 2. The first-order valence-electron chi connectivity index (χ1n) is 5.57. The largest absolute Gasteiger partial charge is 0.339 e. The third-order valence-electron chi connectivity index (χ3n) is 2.43. The van der Waals surface area contributed by atoms with Crippen molar-refractivity contribution in [2.75, 3.05) is 14.1 Å². The fourth-order valence-corrected chi connectivity index (χ4v) is 2.03. The molecule has 2 aromatic rings. The van der Waals surface area contributed by atoms with Gasteiger partial charge in [-0.2, -0.15) is 5.10 Å². The molecule has 1 aromatic heterocycles. The number of rotatable bonds is 2. The van der Waals surface area contributed by atoms with Gasteiger partial charge >= 0.3 is 0 Å². The maximum atomic E-state index is 11.6. The van der Waals surface area contributed by atoms with Crippen LogP contribution in [0.25, 0.3) is 5.69 Å². The Labute approximate surface area is 111 Å². The number of hydrogen-bond acceptors (Lipinski definition) is 3. The van der Waals surface area contributed by atoms with Gasteiger partial charge in [-0.1, -0.05) is 17.7 Å². The summed E-state index contributed by atoms with van der Waals surface area (Å²) in [5, 5.41) is 4.25. The highest BCUT2D eigenvalue weighted by Crippen LogP contribution is 2.21. The van der Waals surface area contributed by atoms with Crippen molar-refractivity contribution < 1.29 is 4.79 Å². The summed E-state index contributed by atoms with van der Waals surface area (Å²) in [7, 11) is 3.47. The predicted molar refractivity (Wildman–Crippen MR) is 73.2 cm³/mol. The second-order valence-corrected chi connectivity index (χ2v) is 5.24. The lowest BCUT2D eigenvalue weighted by Crippen LogP contribution is -2.15. The molecule has 94 valence electrons. The number of thioether (sulfide) groups is 1. The molecule has 1 heterocycles. The Bertz CT molecular complexity index is 546. The van der Waals surface area contributed by atoms with E-state index >= 15 is 0 Å². The van der Waals surface area contributed by atoms with E-state index in [1.54, 1.807) is 29.9 Å². The summed E-state index contributed by atoms with van der Waals surface area (Å²) in [6, 6.07) is 8.08. The minimum absolute atomic E-state index is 0.00143. The van der Waals surface area contributed by atoms with Gasteiger partial charge in [-0.05, 0) is 30.8 Å². The van der Waals surface area contributed by atoms with Crippen LogP contribution in [-0.2, 0) is 0 Å². The summed E-state index contributed by atoms with van der Waals surface area (Å²) in [5.41, 5.74) is 2.20.